The number of methoxy groups -OCH3 is 1. The van der Waals surface area contributed by atoms with Gasteiger partial charge in [0.1, 0.15) is 5.75 Å². The SMILES string of the molecule is COc1cc(C(C)C=Cc2ccc(O)cc2)ccc1O. The van der Waals surface area contributed by atoms with Crippen molar-refractivity contribution in [3.05, 3.63) is 59.7 Å². The molecule has 0 saturated heterocycles. The second-order valence-electron chi connectivity index (χ2n) is 4.67. The fourth-order valence-corrected chi connectivity index (χ4v) is 1.93. The van der Waals surface area contributed by atoms with E-state index in [1.54, 1.807) is 18.2 Å². The smallest absolute Gasteiger partial charge is 0.160 e. The first-order chi connectivity index (χ1) is 9.60. The fraction of sp³-hybridized carbons (Fsp3) is 0.176. The van der Waals surface area contributed by atoms with Crippen LogP contribution in [-0.4, -0.2) is 17.3 Å². The summed E-state index contributed by atoms with van der Waals surface area (Å²) >= 11 is 0. The monoisotopic (exact) mass is 270 g/mol. The highest BCUT2D eigenvalue weighted by molar-refractivity contribution is 5.52. The zero-order chi connectivity index (χ0) is 14.5. The summed E-state index contributed by atoms with van der Waals surface area (Å²) in [5, 5.41) is 18.8. The minimum atomic E-state index is 0.144. The van der Waals surface area contributed by atoms with Crippen molar-refractivity contribution in [2.75, 3.05) is 7.11 Å². The molecule has 0 saturated carbocycles. The van der Waals surface area contributed by atoms with Gasteiger partial charge < -0.3 is 14.9 Å². The van der Waals surface area contributed by atoms with Crippen LogP contribution in [0.3, 0.4) is 0 Å². The van der Waals surface area contributed by atoms with Gasteiger partial charge in [0.25, 0.3) is 0 Å². The molecule has 2 N–H and O–H groups in total. The van der Waals surface area contributed by atoms with Gasteiger partial charge in [0.2, 0.25) is 0 Å². The number of ether oxygens (including phenoxy) is 1. The van der Waals surface area contributed by atoms with E-state index >= 15 is 0 Å². The Morgan fingerprint density at radius 3 is 2.40 bits per heavy atom. The Morgan fingerprint density at radius 2 is 1.75 bits per heavy atom. The molecule has 0 bridgehead atoms. The molecule has 2 aromatic rings. The van der Waals surface area contributed by atoms with Gasteiger partial charge in [-0.3, -0.25) is 0 Å². The van der Waals surface area contributed by atoms with Crippen LogP contribution in [0.2, 0.25) is 0 Å². The van der Waals surface area contributed by atoms with Crippen LogP contribution in [0, 0.1) is 0 Å². The number of phenols is 2. The van der Waals surface area contributed by atoms with Gasteiger partial charge in [-0.05, 0) is 41.3 Å². The summed E-state index contributed by atoms with van der Waals surface area (Å²) in [7, 11) is 1.54. The molecular formula is C17H18O3. The summed E-state index contributed by atoms with van der Waals surface area (Å²) in [4.78, 5) is 0. The molecule has 104 valence electrons. The summed E-state index contributed by atoms with van der Waals surface area (Å²) < 4.78 is 5.11. The number of hydrogen-bond donors (Lipinski definition) is 2. The van der Waals surface area contributed by atoms with Gasteiger partial charge in [-0.15, -0.1) is 0 Å². The molecule has 0 spiro atoms. The van der Waals surface area contributed by atoms with E-state index in [0.717, 1.165) is 11.1 Å². The second-order valence-corrected chi connectivity index (χ2v) is 4.67. The first-order valence-electron chi connectivity index (χ1n) is 6.44. The van der Waals surface area contributed by atoms with E-state index in [9.17, 15) is 10.2 Å². The predicted molar refractivity (Wildman–Crippen MR) is 80.2 cm³/mol. The van der Waals surface area contributed by atoms with Gasteiger partial charge in [-0.2, -0.15) is 0 Å². The van der Waals surface area contributed by atoms with Gasteiger partial charge in [0, 0.05) is 0 Å². The Hall–Kier alpha value is -2.42. The van der Waals surface area contributed by atoms with Gasteiger partial charge >= 0.3 is 0 Å². The van der Waals surface area contributed by atoms with E-state index in [4.69, 9.17) is 4.74 Å². The molecule has 20 heavy (non-hydrogen) atoms. The number of benzene rings is 2. The van der Waals surface area contributed by atoms with Crippen molar-refractivity contribution in [3.63, 3.8) is 0 Å². The van der Waals surface area contributed by atoms with Crippen LogP contribution < -0.4 is 4.74 Å². The highest BCUT2D eigenvalue weighted by atomic mass is 16.5. The average Bonchev–Trinajstić information content (AvgIpc) is 2.47. The van der Waals surface area contributed by atoms with Gasteiger partial charge in [0.05, 0.1) is 7.11 Å². The molecule has 0 heterocycles. The lowest BCUT2D eigenvalue weighted by Gasteiger charge is -2.10. The van der Waals surface area contributed by atoms with Crippen molar-refractivity contribution in [1.82, 2.24) is 0 Å². The van der Waals surface area contributed by atoms with E-state index in [0.29, 0.717) is 5.75 Å². The third-order valence-electron chi connectivity index (χ3n) is 3.20. The van der Waals surface area contributed by atoms with Crippen LogP contribution in [0.25, 0.3) is 6.08 Å². The lowest BCUT2D eigenvalue weighted by Crippen LogP contribution is -1.91. The number of phenolic OH excluding ortho intramolecular Hbond substituents is 2. The van der Waals surface area contributed by atoms with Crippen molar-refractivity contribution in [2.45, 2.75) is 12.8 Å². The van der Waals surface area contributed by atoms with Crippen molar-refractivity contribution in [2.24, 2.45) is 0 Å². The normalized spacial score (nSPS) is 12.5. The maximum atomic E-state index is 9.58. The van der Waals surface area contributed by atoms with E-state index in [2.05, 4.69) is 13.0 Å². The molecule has 2 rings (SSSR count). The molecule has 3 nitrogen and oxygen atoms in total. The second kappa shape index (κ2) is 6.15. The minimum absolute atomic E-state index is 0.144. The molecule has 0 aliphatic heterocycles. The summed E-state index contributed by atoms with van der Waals surface area (Å²) in [6.07, 6.45) is 4.07. The maximum absolute atomic E-state index is 9.58. The van der Waals surface area contributed by atoms with Crippen LogP contribution >= 0.6 is 0 Å². The predicted octanol–water partition coefficient (Wildman–Crippen LogP) is 3.92. The Balaban J connectivity index is 2.15. The zero-order valence-electron chi connectivity index (χ0n) is 11.6. The number of aromatic hydroxyl groups is 2. The average molecular weight is 270 g/mol. The lowest BCUT2D eigenvalue weighted by atomic mass is 9.99. The quantitative estimate of drug-likeness (QED) is 0.885. The van der Waals surface area contributed by atoms with E-state index in [1.165, 1.54) is 7.11 Å². The van der Waals surface area contributed by atoms with Crippen molar-refractivity contribution in [1.29, 1.82) is 0 Å². The van der Waals surface area contributed by atoms with E-state index in [-0.39, 0.29) is 17.4 Å². The summed E-state index contributed by atoms with van der Waals surface area (Å²) in [6.45, 7) is 2.07. The highest BCUT2D eigenvalue weighted by Crippen LogP contribution is 2.30. The maximum Gasteiger partial charge on any atom is 0.160 e. The van der Waals surface area contributed by atoms with Gasteiger partial charge in [-0.25, -0.2) is 0 Å². The molecule has 0 aromatic heterocycles. The Bertz CT molecular complexity index is 600. The number of hydrogen-bond acceptors (Lipinski definition) is 3. The first kappa shape index (κ1) is 14.0. The van der Waals surface area contributed by atoms with Gasteiger partial charge in [-0.1, -0.05) is 37.3 Å². The largest absolute Gasteiger partial charge is 0.508 e. The first-order valence-corrected chi connectivity index (χ1v) is 6.44. The topological polar surface area (TPSA) is 49.7 Å². The molecule has 1 unspecified atom stereocenters. The summed E-state index contributed by atoms with van der Waals surface area (Å²) in [5.41, 5.74) is 2.09. The van der Waals surface area contributed by atoms with Crippen LogP contribution in [0.4, 0.5) is 0 Å². The third kappa shape index (κ3) is 3.32. The van der Waals surface area contributed by atoms with E-state index in [1.807, 2.05) is 30.3 Å². The Kier molecular flexibility index (Phi) is 4.31. The van der Waals surface area contributed by atoms with Crippen LogP contribution in [0.15, 0.2) is 48.5 Å². The molecule has 0 amide bonds. The number of allylic oxidation sites excluding steroid dienone is 1. The molecule has 0 aliphatic rings. The van der Waals surface area contributed by atoms with Crippen molar-refractivity contribution in [3.8, 4) is 17.2 Å². The standard InChI is InChI=1S/C17H18O3/c1-12(3-4-13-5-8-15(18)9-6-13)14-7-10-16(19)17(11-14)20-2/h3-12,18-19H,1-2H3. The molecule has 3 heteroatoms. The van der Waals surface area contributed by atoms with Crippen molar-refractivity contribution >= 4 is 6.08 Å². The molecule has 0 radical (unpaired) electrons. The van der Waals surface area contributed by atoms with Gasteiger partial charge in [0.15, 0.2) is 11.5 Å². The van der Waals surface area contributed by atoms with Crippen LogP contribution in [0.5, 0.6) is 17.2 Å². The minimum Gasteiger partial charge on any atom is -0.508 e. The Morgan fingerprint density at radius 1 is 1.05 bits per heavy atom. The molecule has 1 atom stereocenters. The lowest BCUT2D eigenvalue weighted by molar-refractivity contribution is 0.373. The van der Waals surface area contributed by atoms with E-state index < -0.39 is 0 Å². The van der Waals surface area contributed by atoms with Crippen LogP contribution in [-0.2, 0) is 0 Å². The van der Waals surface area contributed by atoms with Crippen LogP contribution in [0.1, 0.15) is 24.0 Å². The molecular weight excluding hydrogens is 252 g/mol. The summed E-state index contributed by atoms with van der Waals surface area (Å²) in [6, 6.07) is 12.4. The summed E-state index contributed by atoms with van der Waals surface area (Å²) in [5.74, 6) is 1.08. The molecule has 0 aliphatic carbocycles. The fourth-order valence-electron chi connectivity index (χ4n) is 1.93. The number of rotatable bonds is 4. The highest BCUT2D eigenvalue weighted by Gasteiger charge is 2.06. The molecule has 2 aromatic carbocycles. The Labute approximate surface area is 118 Å². The molecule has 0 fully saturated rings. The third-order valence-corrected chi connectivity index (χ3v) is 3.20. The zero-order valence-corrected chi connectivity index (χ0v) is 11.6. The van der Waals surface area contributed by atoms with Crippen molar-refractivity contribution < 1.29 is 14.9 Å².